The van der Waals surface area contributed by atoms with Crippen LogP contribution in [0.1, 0.15) is 10.4 Å². The molecular weight excluding hydrogens is 382 g/mol. The third-order valence-corrected chi connectivity index (χ3v) is 6.26. The Kier molecular flexibility index (Phi) is 4.27. The number of esters is 2. The lowest BCUT2D eigenvalue weighted by atomic mass is 10.1. The summed E-state index contributed by atoms with van der Waals surface area (Å²) < 4.78 is 36.6. The van der Waals surface area contributed by atoms with Gasteiger partial charge in [-0.3, -0.25) is 4.31 Å². The Morgan fingerprint density at radius 2 is 1.64 bits per heavy atom. The predicted molar refractivity (Wildman–Crippen MR) is 102 cm³/mol. The van der Waals surface area contributed by atoms with E-state index in [1.165, 1.54) is 37.4 Å². The van der Waals surface area contributed by atoms with Crippen molar-refractivity contribution in [3.8, 4) is 5.75 Å². The van der Waals surface area contributed by atoms with Gasteiger partial charge < -0.3 is 9.47 Å². The smallest absolute Gasteiger partial charge is 0.337 e. The second kappa shape index (κ2) is 6.65. The summed E-state index contributed by atoms with van der Waals surface area (Å²) in [5, 5.41) is 1.38. The van der Waals surface area contributed by atoms with Crippen LogP contribution in [0.2, 0.25) is 0 Å². The molecule has 142 valence electrons. The Hall–Kier alpha value is -3.39. The number of carbonyl (C=O) groups excluding carboxylic acids is 2. The van der Waals surface area contributed by atoms with Crippen molar-refractivity contribution in [3.63, 3.8) is 0 Å². The topological polar surface area (TPSA) is 90.0 Å². The van der Waals surface area contributed by atoms with Gasteiger partial charge in [-0.2, -0.15) is 0 Å². The average molecular weight is 397 g/mol. The van der Waals surface area contributed by atoms with E-state index in [9.17, 15) is 18.0 Å². The molecule has 4 rings (SSSR count). The van der Waals surface area contributed by atoms with E-state index in [2.05, 4.69) is 4.74 Å². The number of hydrogen-bond donors (Lipinski definition) is 0. The fourth-order valence-corrected chi connectivity index (χ4v) is 4.84. The van der Waals surface area contributed by atoms with Gasteiger partial charge in [0.05, 0.1) is 23.3 Å². The number of hydrogen-bond acceptors (Lipinski definition) is 6. The molecule has 8 heteroatoms. The number of sulfonamides is 1. The van der Waals surface area contributed by atoms with Crippen LogP contribution in [0.4, 0.5) is 5.69 Å². The minimum atomic E-state index is -3.84. The first-order valence-corrected chi connectivity index (χ1v) is 9.79. The Morgan fingerprint density at radius 3 is 2.32 bits per heavy atom. The van der Waals surface area contributed by atoms with E-state index in [-0.39, 0.29) is 10.6 Å². The molecule has 1 aliphatic rings. The first-order valence-electron chi connectivity index (χ1n) is 8.35. The number of nitrogens with zero attached hydrogens (tertiary/aromatic N) is 1. The number of benzene rings is 3. The van der Waals surface area contributed by atoms with Crippen molar-refractivity contribution in [2.75, 3.05) is 18.0 Å². The first kappa shape index (κ1) is 18.0. The van der Waals surface area contributed by atoms with Gasteiger partial charge in [0.15, 0.2) is 0 Å². The summed E-state index contributed by atoms with van der Waals surface area (Å²) in [6.07, 6.45) is 0. The van der Waals surface area contributed by atoms with Crippen LogP contribution in [-0.4, -0.2) is 34.0 Å². The van der Waals surface area contributed by atoms with Gasteiger partial charge in [0.2, 0.25) is 0 Å². The SMILES string of the molecule is COC(=O)c1ccc(OC(=O)CN2c3cccc4cccc(c34)S2(=O)=O)cc1. The monoisotopic (exact) mass is 397 g/mol. The van der Waals surface area contributed by atoms with Crippen LogP contribution >= 0.6 is 0 Å². The molecule has 28 heavy (non-hydrogen) atoms. The molecule has 0 saturated heterocycles. The molecule has 7 nitrogen and oxygen atoms in total. The number of rotatable bonds is 4. The highest BCUT2D eigenvalue weighted by atomic mass is 32.2. The lowest BCUT2D eigenvalue weighted by Crippen LogP contribution is -2.34. The fraction of sp³-hybridized carbons (Fsp3) is 0.100. The number of methoxy groups -OCH3 is 1. The molecule has 0 amide bonds. The van der Waals surface area contributed by atoms with Crippen molar-refractivity contribution >= 4 is 38.4 Å². The van der Waals surface area contributed by atoms with Gasteiger partial charge in [0.1, 0.15) is 12.3 Å². The Balaban J connectivity index is 1.57. The van der Waals surface area contributed by atoms with E-state index in [0.717, 1.165) is 9.69 Å². The number of carbonyl (C=O) groups is 2. The molecule has 0 aliphatic carbocycles. The molecule has 3 aromatic rings. The van der Waals surface area contributed by atoms with Gasteiger partial charge in [-0.15, -0.1) is 0 Å². The molecule has 0 unspecified atom stereocenters. The molecule has 1 aliphatic heterocycles. The Bertz CT molecular complexity index is 1200. The molecule has 0 radical (unpaired) electrons. The summed E-state index contributed by atoms with van der Waals surface area (Å²) in [4.78, 5) is 24.0. The van der Waals surface area contributed by atoms with Crippen LogP contribution in [0.3, 0.4) is 0 Å². The Morgan fingerprint density at radius 1 is 0.964 bits per heavy atom. The first-order chi connectivity index (χ1) is 13.4. The van der Waals surface area contributed by atoms with Gasteiger partial charge in [0, 0.05) is 5.39 Å². The minimum Gasteiger partial charge on any atom is -0.465 e. The van der Waals surface area contributed by atoms with Crippen molar-refractivity contribution < 1.29 is 27.5 Å². The lowest BCUT2D eigenvalue weighted by Gasteiger charge is -2.17. The maximum Gasteiger partial charge on any atom is 0.337 e. The molecule has 1 heterocycles. The fourth-order valence-electron chi connectivity index (χ4n) is 3.19. The van der Waals surface area contributed by atoms with Crippen molar-refractivity contribution in [2.45, 2.75) is 4.90 Å². The van der Waals surface area contributed by atoms with Crippen LogP contribution in [0.25, 0.3) is 10.8 Å². The molecule has 0 bridgehead atoms. The molecule has 0 saturated carbocycles. The van der Waals surface area contributed by atoms with E-state index in [1.54, 1.807) is 18.2 Å². The molecular formula is C20H15NO6S. The zero-order chi connectivity index (χ0) is 19.9. The molecule has 0 atom stereocenters. The number of anilines is 1. The van der Waals surface area contributed by atoms with E-state index in [1.807, 2.05) is 12.1 Å². The average Bonchev–Trinajstić information content (AvgIpc) is 2.91. The predicted octanol–water partition coefficient (Wildman–Crippen LogP) is 2.74. The summed E-state index contributed by atoms with van der Waals surface area (Å²) in [5.74, 6) is -1.05. The number of ether oxygens (including phenoxy) is 2. The maximum absolute atomic E-state index is 12.9. The van der Waals surface area contributed by atoms with Crippen molar-refractivity contribution in [2.24, 2.45) is 0 Å². The summed E-state index contributed by atoms with van der Waals surface area (Å²) in [6, 6.07) is 16.0. The molecule has 3 aromatic carbocycles. The zero-order valence-corrected chi connectivity index (χ0v) is 15.6. The third kappa shape index (κ3) is 2.87. The van der Waals surface area contributed by atoms with Crippen LogP contribution in [-0.2, 0) is 19.6 Å². The minimum absolute atomic E-state index is 0.177. The largest absolute Gasteiger partial charge is 0.465 e. The van der Waals surface area contributed by atoms with Crippen LogP contribution in [0.15, 0.2) is 65.6 Å². The normalized spacial score (nSPS) is 14.1. The zero-order valence-electron chi connectivity index (χ0n) is 14.8. The third-order valence-electron chi connectivity index (χ3n) is 4.46. The van der Waals surface area contributed by atoms with Crippen molar-refractivity contribution in [3.05, 3.63) is 66.2 Å². The standard InChI is InChI=1S/C20H15NO6S/c1-26-20(23)14-8-10-15(11-9-14)27-18(22)12-21-16-6-2-4-13-5-3-7-17(19(13)16)28(21,24)25/h2-11H,12H2,1H3. The van der Waals surface area contributed by atoms with Gasteiger partial charge in [0.25, 0.3) is 10.0 Å². The second-order valence-electron chi connectivity index (χ2n) is 6.13. The van der Waals surface area contributed by atoms with Crippen LogP contribution in [0, 0.1) is 0 Å². The quantitative estimate of drug-likeness (QED) is 0.497. The lowest BCUT2D eigenvalue weighted by molar-refractivity contribution is -0.132. The van der Waals surface area contributed by atoms with Gasteiger partial charge in [-0.25, -0.2) is 18.0 Å². The highest BCUT2D eigenvalue weighted by Gasteiger charge is 2.37. The van der Waals surface area contributed by atoms with E-state index >= 15 is 0 Å². The van der Waals surface area contributed by atoms with Crippen LogP contribution < -0.4 is 9.04 Å². The van der Waals surface area contributed by atoms with Crippen molar-refractivity contribution in [1.29, 1.82) is 0 Å². The van der Waals surface area contributed by atoms with Crippen molar-refractivity contribution in [1.82, 2.24) is 0 Å². The molecule has 0 N–H and O–H groups in total. The van der Waals surface area contributed by atoms with Gasteiger partial charge in [-0.1, -0.05) is 24.3 Å². The summed E-state index contributed by atoms with van der Waals surface area (Å²) in [5.41, 5.74) is 0.762. The summed E-state index contributed by atoms with van der Waals surface area (Å²) in [7, 11) is -2.57. The Labute approximate surface area is 161 Å². The van der Waals surface area contributed by atoms with Gasteiger partial charge in [-0.05, 0) is 41.8 Å². The highest BCUT2D eigenvalue weighted by molar-refractivity contribution is 7.93. The summed E-state index contributed by atoms with van der Waals surface area (Å²) >= 11 is 0. The summed E-state index contributed by atoms with van der Waals surface area (Å²) in [6.45, 7) is -0.463. The van der Waals surface area contributed by atoms with E-state index in [0.29, 0.717) is 16.6 Å². The maximum atomic E-state index is 12.9. The molecule has 0 spiro atoms. The van der Waals surface area contributed by atoms with Gasteiger partial charge >= 0.3 is 11.9 Å². The van der Waals surface area contributed by atoms with E-state index in [4.69, 9.17) is 4.74 Å². The highest BCUT2D eigenvalue weighted by Crippen LogP contribution is 2.41. The molecule has 0 fully saturated rings. The van der Waals surface area contributed by atoms with Crippen LogP contribution in [0.5, 0.6) is 5.75 Å². The second-order valence-corrected chi connectivity index (χ2v) is 7.96. The molecule has 0 aromatic heterocycles. The van der Waals surface area contributed by atoms with E-state index < -0.39 is 28.5 Å².